The molecule has 5 nitrogen and oxygen atoms in total. The van der Waals surface area contributed by atoms with E-state index in [1.807, 2.05) is 6.92 Å². The number of halogens is 1. The number of carbonyl (C=O) groups excluding carboxylic acids is 1. The molecule has 1 aromatic rings. The van der Waals surface area contributed by atoms with Gasteiger partial charge in [0.15, 0.2) is 0 Å². The summed E-state index contributed by atoms with van der Waals surface area (Å²) in [6, 6.07) is 6.34. The molecule has 0 saturated carbocycles. The number of nitrogens with one attached hydrogen (secondary N) is 1. The largest absolute Gasteiger partial charge is 0.383 e. The Bertz CT molecular complexity index is 443. The van der Waals surface area contributed by atoms with Crippen LogP contribution in [0, 0.1) is 5.82 Å². The lowest BCUT2D eigenvalue weighted by Gasteiger charge is -2.25. The van der Waals surface area contributed by atoms with E-state index in [0.717, 1.165) is 0 Å². The van der Waals surface area contributed by atoms with Crippen molar-refractivity contribution < 1.29 is 13.9 Å². The summed E-state index contributed by atoms with van der Waals surface area (Å²) >= 11 is 0. The Morgan fingerprint density at radius 1 is 1.48 bits per heavy atom. The highest BCUT2D eigenvalue weighted by Crippen LogP contribution is 2.18. The molecule has 1 unspecified atom stereocenters. The average molecular weight is 297 g/mol. The van der Waals surface area contributed by atoms with E-state index in [2.05, 4.69) is 5.32 Å². The molecule has 118 valence electrons. The summed E-state index contributed by atoms with van der Waals surface area (Å²) in [4.78, 5) is 13.7. The number of hydrogen-bond acceptors (Lipinski definition) is 4. The Kier molecular flexibility index (Phi) is 7.71. The third-order valence-electron chi connectivity index (χ3n) is 2.98. The third-order valence-corrected chi connectivity index (χ3v) is 2.98. The molecule has 0 aliphatic rings. The standard InChI is InChI=1S/C15H24FN3O2/c1-12(11-21-2)18-15(20)10-19(9-5-8-17)14-7-4-3-6-13(14)16/h3-4,6-7,12H,5,8-11,17H2,1-2H3,(H,18,20). The van der Waals surface area contributed by atoms with Crippen LogP contribution < -0.4 is 16.0 Å². The van der Waals surface area contributed by atoms with Crippen molar-refractivity contribution in [2.45, 2.75) is 19.4 Å². The Morgan fingerprint density at radius 3 is 2.81 bits per heavy atom. The predicted molar refractivity (Wildman–Crippen MR) is 81.8 cm³/mol. The summed E-state index contributed by atoms with van der Waals surface area (Å²) in [6.07, 6.45) is 0.690. The van der Waals surface area contributed by atoms with Crippen molar-refractivity contribution in [3.63, 3.8) is 0 Å². The molecule has 0 aliphatic heterocycles. The topological polar surface area (TPSA) is 67.6 Å². The number of para-hydroxylation sites is 1. The number of rotatable bonds is 9. The second kappa shape index (κ2) is 9.31. The number of nitrogens with zero attached hydrogens (tertiary/aromatic N) is 1. The number of methoxy groups -OCH3 is 1. The van der Waals surface area contributed by atoms with Gasteiger partial charge in [-0.15, -0.1) is 0 Å². The molecule has 1 rings (SSSR count). The first kappa shape index (κ1) is 17.4. The van der Waals surface area contributed by atoms with Gasteiger partial charge in [-0.2, -0.15) is 0 Å². The van der Waals surface area contributed by atoms with Gasteiger partial charge in [-0.3, -0.25) is 4.79 Å². The van der Waals surface area contributed by atoms with Crippen molar-refractivity contribution in [1.82, 2.24) is 5.32 Å². The Hall–Kier alpha value is -1.66. The number of amides is 1. The molecule has 0 fully saturated rings. The molecule has 0 aliphatic carbocycles. The van der Waals surface area contributed by atoms with Crippen molar-refractivity contribution in [2.75, 3.05) is 38.3 Å². The first-order valence-corrected chi connectivity index (χ1v) is 7.06. The van der Waals surface area contributed by atoms with Crippen molar-refractivity contribution >= 4 is 11.6 Å². The van der Waals surface area contributed by atoms with Gasteiger partial charge >= 0.3 is 0 Å². The highest BCUT2D eigenvalue weighted by atomic mass is 19.1. The third kappa shape index (κ3) is 6.10. The fourth-order valence-electron chi connectivity index (χ4n) is 2.06. The molecule has 0 spiro atoms. The Labute approximate surface area is 125 Å². The van der Waals surface area contributed by atoms with Crippen LogP contribution in [0.3, 0.4) is 0 Å². The lowest BCUT2D eigenvalue weighted by molar-refractivity contribution is -0.120. The molecule has 21 heavy (non-hydrogen) atoms. The van der Waals surface area contributed by atoms with Gasteiger partial charge in [-0.05, 0) is 32.0 Å². The minimum atomic E-state index is -0.340. The number of carbonyl (C=O) groups is 1. The van der Waals surface area contributed by atoms with Crippen molar-refractivity contribution in [1.29, 1.82) is 0 Å². The average Bonchev–Trinajstić information content (AvgIpc) is 2.44. The van der Waals surface area contributed by atoms with Crippen LogP contribution in [0.1, 0.15) is 13.3 Å². The summed E-state index contributed by atoms with van der Waals surface area (Å²) < 4.78 is 18.8. The summed E-state index contributed by atoms with van der Waals surface area (Å²) in [7, 11) is 1.58. The maximum Gasteiger partial charge on any atom is 0.239 e. The Morgan fingerprint density at radius 2 is 2.19 bits per heavy atom. The lowest BCUT2D eigenvalue weighted by atomic mass is 10.2. The smallest absolute Gasteiger partial charge is 0.239 e. The van der Waals surface area contributed by atoms with Crippen LogP contribution >= 0.6 is 0 Å². The molecular weight excluding hydrogens is 273 g/mol. The van der Waals surface area contributed by atoms with Crippen LogP contribution in [0.15, 0.2) is 24.3 Å². The van der Waals surface area contributed by atoms with Gasteiger partial charge in [0, 0.05) is 19.7 Å². The first-order chi connectivity index (χ1) is 10.1. The van der Waals surface area contributed by atoms with Crippen molar-refractivity contribution in [3.8, 4) is 0 Å². The molecular formula is C15H24FN3O2. The normalized spacial score (nSPS) is 12.0. The van der Waals surface area contributed by atoms with E-state index in [1.54, 1.807) is 30.2 Å². The lowest BCUT2D eigenvalue weighted by Crippen LogP contribution is -2.43. The van der Waals surface area contributed by atoms with Crippen LogP contribution in [0.5, 0.6) is 0 Å². The number of benzene rings is 1. The number of ether oxygens (including phenoxy) is 1. The summed E-state index contributed by atoms with van der Waals surface area (Å²) in [5.41, 5.74) is 5.92. The molecule has 0 radical (unpaired) electrons. The minimum Gasteiger partial charge on any atom is -0.383 e. The SMILES string of the molecule is COCC(C)NC(=O)CN(CCCN)c1ccccc1F. The number of nitrogens with two attached hydrogens (primary N) is 1. The van der Waals surface area contributed by atoms with Crippen LogP contribution in [0.4, 0.5) is 10.1 Å². The first-order valence-electron chi connectivity index (χ1n) is 7.06. The molecule has 3 N–H and O–H groups in total. The van der Waals surface area contributed by atoms with Crippen molar-refractivity contribution in [2.24, 2.45) is 5.73 Å². The molecule has 1 aromatic carbocycles. The van der Waals surface area contributed by atoms with Gasteiger partial charge < -0.3 is 20.7 Å². The molecule has 6 heteroatoms. The second-order valence-corrected chi connectivity index (χ2v) is 4.94. The summed E-state index contributed by atoms with van der Waals surface area (Å²) in [5, 5.41) is 2.82. The quantitative estimate of drug-likeness (QED) is 0.717. The van der Waals surface area contributed by atoms with Crippen LogP contribution in [0.25, 0.3) is 0 Å². The van der Waals surface area contributed by atoms with E-state index in [9.17, 15) is 9.18 Å². The highest BCUT2D eigenvalue weighted by Gasteiger charge is 2.15. The van der Waals surface area contributed by atoms with E-state index in [0.29, 0.717) is 31.8 Å². The highest BCUT2D eigenvalue weighted by molar-refractivity contribution is 5.81. The predicted octanol–water partition coefficient (Wildman–Crippen LogP) is 1.13. The van der Waals surface area contributed by atoms with E-state index >= 15 is 0 Å². The van der Waals surface area contributed by atoms with Crippen LogP contribution in [0.2, 0.25) is 0 Å². The van der Waals surface area contributed by atoms with Gasteiger partial charge in [-0.1, -0.05) is 12.1 Å². The monoisotopic (exact) mass is 297 g/mol. The van der Waals surface area contributed by atoms with E-state index < -0.39 is 0 Å². The minimum absolute atomic E-state index is 0.0838. The van der Waals surface area contributed by atoms with Crippen molar-refractivity contribution in [3.05, 3.63) is 30.1 Å². The molecule has 0 heterocycles. The number of hydrogen-bond donors (Lipinski definition) is 2. The zero-order chi connectivity index (χ0) is 15.7. The van der Waals surface area contributed by atoms with E-state index in [-0.39, 0.29) is 24.3 Å². The molecule has 0 saturated heterocycles. The number of anilines is 1. The maximum atomic E-state index is 13.9. The van der Waals surface area contributed by atoms with Gasteiger partial charge in [0.1, 0.15) is 5.82 Å². The summed E-state index contributed by atoms with van der Waals surface area (Å²) in [6.45, 7) is 3.41. The van der Waals surface area contributed by atoms with E-state index in [4.69, 9.17) is 10.5 Å². The summed E-state index contributed by atoms with van der Waals surface area (Å²) in [5.74, 6) is -0.507. The second-order valence-electron chi connectivity index (χ2n) is 4.94. The van der Waals surface area contributed by atoms with E-state index in [1.165, 1.54) is 6.07 Å². The van der Waals surface area contributed by atoms with Crippen LogP contribution in [-0.2, 0) is 9.53 Å². The molecule has 1 amide bonds. The Balaban J connectivity index is 2.70. The van der Waals surface area contributed by atoms with Crippen LogP contribution in [-0.4, -0.2) is 45.3 Å². The maximum absolute atomic E-state index is 13.9. The van der Waals surface area contributed by atoms with Gasteiger partial charge in [-0.25, -0.2) is 4.39 Å². The fraction of sp³-hybridized carbons (Fsp3) is 0.533. The van der Waals surface area contributed by atoms with Gasteiger partial charge in [0.05, 0.1) is 18.8 Å². The zero-order valence-corrected chi connectivity index (χ0v) is 12.6. The molecule has 0 bridgehead atoms. The zero-order valence-electron chi connectivity index (χ0n) is 12.6. The fourth-order valence-corrected chi connectivity index (χ4v) is 2.06. The molecule has 0 aromatic heterocycles. The van der Waals surface area contributed by atoms with Gasteiger partial charge in [0.25, 0.3) is 0 Å². The molecule has 1 atom stereocenters. The van der Waals surface area contributed by atoms with Gasteiger partial charge in [0.2, 0.25) is 5.91 Å².